The minimum absolute atomic E-state index is 0.111. The summed E-state index contributed by atoms with van der Waals surface area (Å²) in [4.78, 5) is 11.8. The number of hydrogen-bond acceptors (Lipinski definition) is 3. The number of ether oxygens (including phenoxy) is 1. The molecule has 1 rings (SSSR count). The van der Waals surface area contributed by atoms with Gasteiger partial charge in [-0.25, -0.2) is 0 Å². The zero-order chi connectivity index (χ0) is 11.5. The maximum atomic E-state index is 11.8. The van der Waals surface area contributed by atoms with Crippen LogP contribution in [0.4, 0.5) is 0 Å². The minimum atomic E-state index is -0.599. The van der Waals surface area contributed by atoms with Crippen molar-refractivity contribution in [3.8, 4) is 0 Å². The van der Waals surface area contributed by atoms with Crippen molar-refractivity contribution < 1.29 is 14.6 Å². The molecule has 4 heteroatoms. The third kappa shape index (κ3) is 3.47. The van der Waals surface area contributed by atoms with Crippen LogP contribution in [-0.4, -0.2) is 35.4 Å². The lowest BCUT2D eigenvalue weighted by molar-refractivity contribution is -0.138. The van der Waals surface area contributed by atoms with E-state index in [2.05, 4.69) is 5.32 Å². The summed E-state index contributed by atoms with van der Waals surface area (Å²) in [6, 6.07) is 0. The summed E-state index contributed by atoms with van der Waals surface area (Å²) in [5.41, 5.74) is -0.599. The van der Waals surface area contributed by atoms with E-state index in [-0.39, 0.29) is 12.0 Å². The van der Waals surface area contributed by atoms with E-state index in [1.165, 1.54) is 0 Å². The first kappa shape index (κ1) is 12.5. The van der Waals surface area contributed by atoms with Crippen LogP contribution in [0.5, 0.6) is 0 Å². The van der Waals surface area contributed by atoms with E-state index in [1.54, 1.807) is 20.8 Å². The van der Waals surface area contributed by atoms with Gasteiger partial charge in [-0.05, 0) is 40.0 Å². The van der Waals surface area contributed by atoms with Gasteiger partial charge in [-0.2, -0.15) is 0 Å². The third-order valence-corrected chi connectivity index (χ3v) is 2.96. The second-order valence-electron chi connectivity index (χ2n) is 4.74. The van der Waals surface area contributed by atoms with Gasteiger partial charge in [0, 0.05) is 6.61 Å². The van der Waals surface area contributed by atoms with E-state index in [0.717, 1.165) is 19.3 Å². The van der Waals surface area contributed by atoms with Crippen molar-refractivity contribution in [2.75, 3.05) is 6.61 Å². The van der Waals surface area contributed by atoms with Crippen LogP contribution >= 0.6 is 0 Å². The summed E-state index contributed by atoms with van der Waals surface area (Å²) < 4.78 is 5.37. The molecule has 0 radical (unpaired) electrons. The Balaban J connectivity index is 2.47. The van der Waals surface area contributed by atoms with Crippen LogP contribution in [0, 0.1) is 0 Å². The normalized spacial score (nSPS) is 24.7. The molecule has 0 bridgehead atoms. The first-order valence-corrected chi connectivity index (χ1v) is 5.55. The lowest BCUT2D eigenvalue weighted by Crippen LogP contribution is -2.54. The minimum Gasteiger partial charge on any atom is -0.391 e. The van der Waals surface area contributed by atoms with E-state index in [9.17, 15) is 9.90 Å². The highest BCUT2D eigenvalue weighted by Crippen LogP contribution is 2.15. The molecule has 1 aliphatic heterocycles. The monoisotopic (exact) mass is 215 g/mol. The van der Waals surface area contributed by atoms with E-state index in [0.29, 0.717) is 6.61 Å². The molecule has 0 aromatic carbocycles. The van der Waals surface area contributed by atoms with Crippen molar-refractivity contribution in [3.05, 3.63) is 0 Å². The van der Waals surface area contributed by atoms with Crippen molar-refractivity contribution in [2.24, 2.45) is 0 Å². The first-order chi connectivity index (χ1) is 6.93. The summed E-state index contributed by atoms with van der Waals surface area (Å²) in [7, 11) is 0. The van der Waals surface area contributed by atoms with Crippen LogP contribution < -0.4 is 5.32 Å². The zero-order valence-corrected chi connectivity index (χ0v) is 9.75. The van der Waals surface area contributed by atoms with E-state index in [1.807, 2.05) is 0 Å². The largest absolute Gasteiger partial charge is 0.391 e. The zero-order valence-electron chi connectivity index (χ0n) is 9.75. The van der Waals surface area contributed by atoms with Crippen molar-refractivity contribution in [2.45, 2.75) is 57.8 Å². The van der Waals surface area contributed by atoms with Gasteiger partial charge in [-0.3, -0.25) is 4.79 Å². The molecule has 0 spiro atoms. The SMILES string of the molecule is CC(O)C(C)(C)NC(=O)C1CCCCO1. The van der Waals surface area contributed by atoms with Crippen LogP contribution in [0.1, 0.15) is 40.0 Å². The molecule has 0 saturated carbocycles. The summed E-state index contributed by atoms with van der Waals surface area (Å²) in [5.74, 6) is -0.111. The number of nitrogens with one attached hydrogen (secondary N) is 1. The lowest BCUT2D eigenvalue weighted by atomic mass is 9.97. The smallest absolute Gasteiger partial charge is 0.249 e. The van der Waals surface area contributed by atoms with Gasteiger partial charge in [0.05, 0.1) is 11.6 Å². The molecule has 2 unspecified atom stereocenters. The fraction of sp³-hybridized carbons (Fsp3) is 0.909. The standard InChI is InChI=1S/C11H21NO3/c1-8(13)11(2,3)12-10(14)9-6-4-5-7-15-9/h8-9,13H,4-7H2,1-3H3,(H,12,14). The molecule has 1 saturated heterocycles. The molecule has 1 fully saturated rings. The predicted octanol–water partition coefficient (Wildman–Crippen LogP) is 0.831. The number of aliphatic hydroxyl groups excluding tert-OH is 1. The molecular weight excluding hydrogens is 194 g/mol. The Kier molecular flexibility index (Phi) is 4.11. The Hall–Kier alpha value is -0.610. The first-order valence-electron chi connectivity index (χ1n) is 5.55. The fourth-order valence-corrected chi connectivity index (χ4v) is 1.45. The van der Waals surface area contributed by atoms with Gasteiger partial charge in [-0.15, -0.1) is 0 Å². The van der Waals surface area contributed by atoms with Crippen LogP contribution in [0.3, 0.4) is 0 Å². The van der Waals surface area contributed by atoms with E-state index in [4.69, 9.17) is 4.74 Å². The molecule has 1 amide bonds. The van der Waals surface area contributed by atoms with Gasteiger partial charge < -0.3 is 15.2 Å². The van der Waals surface area contributed by atoms with Crippen LogP contribution in [0.15, 0.2) is 0 Å². The Labute approximate surface area is 91.0 Å². The van der Waals surface area contributed by atoms with Gasteiger partial charge in [0.15, 0.2) is 0 Å². The number of aliphatic hydroxyl groups is 1. The summed E-state index contributed by atoms with van der Waals surface area (Å²) >= 11 is 0. The molecule has 4 nitrogen and oxygen atoms in total. The van der Waals surface area contributed by atoms with Gasteiger partial charge in [-0.1, -0.05) is 0 Å². The Bertz CT molecular complexity index is 220. The van der Waals surface area contributed by atoms with Gasteiger partial charge in [0.25, 0.3) is 0 Å². The van der Waals surface area contributed by atoms with E-state index < -0.39 is 11.6 Å². The number of hydrogen-bond donors (Lipinski definition) is 2. The van der Waals surface area contributed by atoms with Crippen molar-refractivity contribution in [1.82, 2.24) is 5.32 Å². The molecule has 15 heavy (non-hydrogen) atoms. The highest BCUT2D eigenvalue weighted by molar-refractivity contribution is 5.81. The summed E-state index contributed by atoms with van der Waals surface area (Å²) in [6.45, 7) is 5.94. The van der Waals surface area contributed by atoms with E-state index >= 15 is 0 Å². The van der Waals surface area contributed by atoms with Gasteiger partial charge in [0.1, 0.15) is 6.10 Å². The molecule has 2 N–H and O–H groups in total. The molecule has 88 valence electrons. The molecule has 0 aromatic rings. The number of amides is 1. The average molecular weight is 215 g/mol. The Morgan fingerprint density at radius 3 is 2.67 bits per heavy atom. The fourth-order valence-electron chi connectivity index (χ4n) is 1.45. The summed E-state index contributed by atoms with van der Waals surface area (Å²) in [6.07, 6.45) is 1.93. The second kappa shape index (κ2) is 4.94. The lowest BCUT2D eigenvalue weighted by Gasteiger charge is -2.32. The number of carbonyl (C=O) groups is 1. The number of carbonyl (C=O) groups excluding carboxylic acids is 1. The average Bonchev–Trinajstić information content (AvgIpc) is 2.18. The third-order valence-electron chi connectivity index (χ3n) is 2.96. The quantitative estimate of drug-likeness (QED) is 0.733. The molecular formula is C11H21NO3. The predicted molar refractivity (Wildman–Crippen MR) is 57.5 cm³/mol. The van der Waals surface area contributed by atoms with Gasteiger partial charge in [0.2, 0.25) is 5.91 Å². The Morgan fingerprint density at radius 2 is 2.20 bits per heavy atom. The number of rotatable bonds is 3. The van der Waals surface area contributed by atoms with Crippen molar-refractivity contribution in [1.29, 1.82) is 0 Å². The second-order valence-corrected chi connectivity index (χ2v) is 4.74. The van der Waals surface area contributed by atoms with Crippen LogP contribution in [0.25, 0.3) is 0 Å². The molecule has 0 aliphatic carbocycles. The highest BCUT2D eigenvalue weighted by Gasteiger charge is 2.30. The maximum Gasteiger partial charge on any atom is 0.249 e. The molecule has 2 atom stereocenters. The maximum absolute atomic E-state index is 11.8. The Morgan fingerprint density at radius 1 is 1.53 bits per heavy atom. The topological polar surface area (TPSA) is 58.6 Å². The van der Waals surface area contributed by atoms with Crippen LogP contribution in [-0.2, 0) is 9.53 Å². The van der Waals surface area contributed by atoms with Crippen molar-refractivity contribution >= 4 is 5.91 Å². The highest BCUT2D eigenvalue weighted by atomic mass is 16.5. The van der Waals surface area contributed by atoms with Gasteiger partial charge >= 0.3 is 0 Å². The molecule has 1 heterocycles. The summed E-state index contributed by atoms with van der Waals surface area (Å²) in [5, 5.41) is 12.3. The van der Waals surface area contributed by atoms with Crippen LogP contribution in [0.2, 0.25) is 0 Å². The van der Waals surface area contributed by atoms with Crippen molar-refractivity contribution in [3.63, 3.8) is 0 Å². The molecule has 0 aromatic heterocycles. The molecule has 1 aliphatic rings.